The monoisotopic (exact) mass is 422 g/mol. The molecule has 1 saturated heterocycles. The highest BCUT2D eigenvalue weighted by Gasteiger charge is 2.25. The van der Waals surface area contributed by atoms with E-state index in [2.05, 4.69) is 44.6 Å². The number of hydrazone groups is 1. The largest absolute Gasteiger partial charge is 0.375 e. The third kappa shape index (κ3) is 5.34. The zero-order valence-electron chi connectivity index (χ0n) is 17.3. The molecule has 2 heterocycles. The maximum Gasteiger partial charge on any atom is 0.184 e. The van der Waals surface area contributed by atoms with E-state index in [9.17, 15) is 0 Å². The Labute approximate surface area is 184 Å². The van der Waals surface area contributed by atoms with E-state index in [-0.39, 0.29) is 5.11 Å². The number of thiocarbonyl (C=S) groups is 1. The van der Waals surface area contributed by atoms with Crippen LogP contribution in [-0.4, -0.2) is 53.4 Å². The number of benzene rings is 1. The molecule has 1 aromatic carbocycles. The van der Waals surface area contributed by atoms with Gasteiger partial charge >= 0.3 is 0 Å². The Hall–Kier alpha value is -2.51. The number of rotatable bonds is 5. The summed E-state index contributed by atoms with van der Waals surface area (Å²) in [4.78, 5) is 9.86. The zero-order chi connectivity index (χ0) is 20.8. The van der Waals surface area contributed by atoms with Gasteiger partial charge in [0.1, 0.15) is 5.82 Å². The fourth-order valence-electron chi connectivity index (χ4n) is 4.44. The van der Waals surface area contributed by atoms with Crippen molar-refractivity contribution in [3.8, 4) is 11.1 Å². The molecule has 2 aromatic rings. The van der Waals surface area contributed by atoms with Gasteiger partial charge in [0.2, 0.25) is 0 Å². The number of anilines is 1. The Balaban J connectivity index is 1.33. The first kappa shape index (κ1) is 20.8. The third-order valence-electron chi connectivity index (χ3n) is 6.11. The molecule has 1 aliphatic heterocycles. The van der Waals surface area contributed by atoms with Crippen molar-refractivity contribution in [1.82, 2.24) is 15.3 Å². The number of nitrogens with two attached hydrogens (primary N) is 1. The third-order valence-corrected chi connectivity index (χ3v) is 6.20. The van der Waals surface area contributed by atoms with Crippen LogP contribution in [0.4, 0.5) is 5.82 Å². The van der Waals surface area contributed by atoms with Crippen LogP contribution < -0.4 is 16.1 Å². The minimum Gasteiger partial charge on any atom is -0.375 e. The molecule has 4 rings (SSSR count). The van der Waals surface area contributed by atoms with E-state index in [4.69, 9.17) is 22.9 Å². The molecule has 1 saturated carbocycles. The summed E-state index contributed by atoms with van der Waals surface area (Å²) in [5, 5.41) is 4.14. The van der Waals surface area contributed by atoms with Gasteiger partial charge in [-0.2, -0.15) is 5.10 Å². The number of aromatic nitrogens is 1. The first-order valence-corrected chi connectivity index (χ1v) is 11.2. The average molecular weight is 423 g/mol. The van der Waals surface area contributed by atoms with Crippen LogP contribution in [0, 0.1) is 0 Å². The van der Waals surface area contributed by atoms with Crippen molar-refractivity contribution in [2.24, 2.45) is 10.8 Å². The summed E-state index contributed by atoms with van der Waals surface area (Å²) in [6.45, 7) is 4.44. The van der Waals surface area contributed by atoms with Gasteiger partial charge < -0.3 is 10.6 Å². The van der Waals surface area contributed by atoms with Crippen LogP contribution in [-0.2, 0) is 0 Å². The highest BCUT2D eigenvalue weighted by atomic mass is 32.1. The first-order chi connectivity index (χ1) is 14.7. The summed E-state index contributed by atoms with van der Waals surface area (Å²) in [7, 11) is 0. The minimum absolute atomic E-state index is 0.157. The second-order valence-electron chi connectivity index (χ2n) is 8.08. The van der Waals surface area contributed by atoms with E-state index < -0.39 is 0 Å². The highest BCUT2D eigenvalue weighted by molar-refractivity contribution is 7.80. The first-order valence-electron chi connectivity index (χ1n) is 10.8. The zero-order valence-corrected chi connectivity index (χ0v) is 18.2. The summed E-state index contributed by atoms with van der Waals surface area (Å²) >= 11 is 4.73. The number of hydrogen-bond acceptors (Lipinski definition) is 5. The molecule has 1 aliphatic carbocycles. The quantitative estimate of drug-likeness (QED) is 0.437. The van der Waals surface area contributed by atoms with E-state index in [1.807, 2.05) is 18.3 Å². The number of piperazine rings is 1. The standard InChI is InChI=1S/C23H30N6S/c24-23(30)27-26-16-18-6-8-19(9-7-18)20-10-11-22(25-17-20)29-14-12-28(13-15-29)21-4-2-1-3-5-21/h6-11,16-17,21H,1-5,12-15H2,(H3,24,27,30). The van der Waals surface area contributed by atoms with E-state index in [0.717, 1.165) is 54.7 Å². The lowest BCUT2D eigenvalue weighted by molar-refractivity contribution is 0.147. The fraction of sp³-hybridized carbons (Fsp3) is 0.435. The van der Waals surface area contributed by atoms with Crippen LogP contribution in [0.1, 0.15) is 37.7 Å². The molecule has 3 N–H and O–H groups in total. The Kier molecular flexibility index (Phi) is 6.92. The smallest absolute Gasteiger partial charge is 0.184 e. The number of pyridine rings is 1. The molecule has 2 fully saturated rings. The Morgan fingerprint density at radius 2 is 1.70 bits per heavy atom. The maximum atomic E-state index is 5.36. The van der Waals surface area contributed by atoms with Gasteiger partial charge in [-0.3, -0.25) is 10.3 Å². The van der Waals surface area contributed by atoms with Gasteiger partial charge in [0.05, 0.1) is 6.21 Å². The Morgan fingerprint density at radius 1 is 1.00 bits per heavy atom. The maximum absolute atomic E-state index is 5.36. The van der Waals surface area contributed by atoms with Crippen molar-refractivity contribution in [1.29, 1.82) is 0 Å². The van der Waals surface area contributed by atoms with Crippen LogP contribution in [0.2, 0.25) is 0 Å². The summed E-state index contributed by atoms with van der Waals surface area (Å²) in [6.07, 6.45) is 10.7. The lowest BCUT2D eigenvalue weighted by Crippen LogP contribution is -2.51. The molecule has 0 spiro atoms. The van der Waals surface area contributed by atoms with E-state index in [0.29, 0.717) is 0 Å². The molecule has 0 atom stereocenters. The predicted molar refractivity (Wildman–Crippen MR) is 128 cm³/mol. The molecule has 0 amide bonds. The highest BCUT2D eigenvalue weighted by Crippen LogP contribution is 2.25. The van der Waals surface area contributed by atoms with Crippen molar-refractivity contribution in [2.75, 3.05) is 31.1 Å². The van der Waals surface area contributed by atoms with Gasteiger partial charge in [-0.25, -0.2) is 4.98 Å². The van der Waals surface area contributed by atoms with E-state index in [1.54, 1.807) is 6.21 Å². The number of hydrogen-bond donors (Lipinski definition) is 2. The van der Waals surface area contributed by atoms with Gasteiger partial charge in [0.15, 0.2) is 5.11 Å². The molecule has 158 valence electrons. The SMILES string of the molecule is NC(=S)NN=Cc1ccc(-c2ccc(N3CCN(C4CCCCC4)CC3)nc2)cc1. The molecule has 0 bridgehead atoms. The van der Waals surface area contributed by atoms with Crippen LogP contribution >= 0.6 is 12.2 Å². The van der Waals surface area contributed by atoms with Crippen LogP contribution in [0.5, 0.6) is 0 Å². The van der Waals surface area contributed by atoms with Crippen molar-refractivity contribution in [3.63, 3.8) is 0 Å². The molecule has 0 unspecified atom stereocenters. The van der Waals surface area contributed by atoms with Crippen LogP contribution in [0.15, 0.2) is 47.7 Å². The van der Waals surface area contributed by atoms with E-state index in [1.165, 1.54) is 32.1 Å². The van der Waals surface area contributed by atoms with Crippen LogP contribution in [0.3, 0.4) is 0 Å². The van der Waals surface area contributed by atoms with Gasteiger partial charge in [-0.15, -0.1) is 0 Å². The summed E-state index contributed by atoms with van der Waals surface area (Å²) in [5.41, 5.74) is 11.1. The molecular weight excluding hydrogens is 392 g/mol. The molecular formula is C23H30N6S. The minimum atomic E-state index is 0.157. The van der Waals surface area contributed by atoms with Crippen molar-refractivity contribution >= 4 is 29.4 Å². The Bertz CT molecular complexity index is 850. The molecule has 7 heteroatoms. The predicted octanol–water partition coefficient (Wildman–Crippen LogP) is 3.37. The summed E-state index contributed by atoms with van der Waals surface area (Å²) < 4.78 is 0. The lowest BCUT2D eigenvalue weighted by atomic mass is 9.94. The molecule has 2 aliphatic rings. The fourth-order valence-corrected chi connectivity index (χ4v) is 4.49. The second kappa shape index (κ2) is 10.00. The van der Waals surface area contributed by atoms with Crippen molar-refractivity contribution in [3.05, 3.63) is 48.2 Å². The second-order valence-corrected chi connectivity index (χ2v) is 8.52. The van der Waals surface area contributed by atoms with E-state index >= 15 is 0 Å². The molecule has 30 heavy (non-hydrogen) atoms. The lowest BCUT2D eigenvalue weighted by Gasteiger charge is -2.41. The molecule has 6 nitrogen and oxygen atoms in total. The normalized spacial score (nSPS) is 18.6. The van der Waals surface area contributed by atoms with Crippen LogP contribution in [0.25, 0.3) is 11.1 Å². The van der Waals surface area contributed by atoms with Gasteiger partial charge in [0, 0.05) is 44.0 Å². The molecule has 1 aromatic heterocycles. The average Bonchev–Trinajstić information content (AvgIpc) is 2.80. The summed E-state index contributed by atoms with van der Waals surface area (Å²) in [6, 6.07) is 13.3. The summed E-state index contributed by atoms with van der Waals surface area (Å²) in [5.74, 6) is 1.08. The topological polar surface area (TPSA) is 69.8 Å². The Morgan fingerprint density at radius 3 is 2.33 bits per heavy atom. The van der Waals surface area contributed by atoms with Gasteiger partial charge in [-0.1, -0.05) is 43.5 Å². The molecule has 0 radical (unpaired) electrons. The van der Waals surface area contributed by atoms with Crippen molar-refractivity contribution < 1.29 is 0 Å². The number of nitrogens with zero attached hydrogens (tertiary/aromatic N) is 4. The van der Waals surface area contributed by atoms with Gasteiger partial charge in [-0.05, 0) is 48.3 Å². The van der Waals surface area contributed by atoms with Gasteiger partial charge in [0.25, 0.3) is 0 Å². The van der Waals surface area contributed by atoms with Crippen molar-refractivity contribution in [2.45, 2.75) is 38.1 Å². The number of nitrogens with one attached hydrogen (secondary N) is 1.